The molecule has 0 fully saturated rings. The van der Waals surface area contributed by atoms with Crippen LogP contribution in [-0.4, -0.2) is 37.2 Å². The molecule has 0 radical (unpaired) electrons. The number of benzene rings is 1. The van der Waals surface area contributed by atoms with Gasteiger partial charge in [-0.1, -0.05) is 12.1 Å². The van der Waals surface area contributed by atoms with Gasteiger partial charge in [-0.2, -0.15) is 0 Å². The number of hydrogen-bond acceptors (Lipinski definition) is 6. The predicted octanol–water partition coefficient (Wildman–Crippen LogP) is 2.99. The maximum Gasteiger partial charge on any atom is 0.321 e. The van der Waals surface area contributed by atoms with Crippen molar-refractivity contribution < 1.29 is 33.0 Å². The number of halogens is 1. The van der Waals surface area contributed by atoms with Crippen LogP contribution in [0.3, 0.4) is 0 Å². The normalized spacial score (nSPS) is 12.2. The number of hydrogen-bond donors (Lipinski definition) is 0. The third kappa shape index (κ3) is 6.46. The van der Waals surface area contributed by atoms with Crippen molar-refractivity contribution in [1.82, 2.24) is 0 Å². The summed E-state index contributed by atoms with van der Waals surface area (Å²) in [5.74, 6) is -4.96. The molecule has 0 heterocycles. The first kappa shape index (κ1) is 21.6. The number of methoxy groups -OCH3 is 1. The molecule has 0 amide bonds. The molecule has 1 aromatic carbocycles. The molecular weight excluding hydrogens is 343 g/mol. The summed E-state index contributed by atoms with van der Waals surface area (Å²) in [7, 11) is 1.21. The van der Waals surface area contributed by atoms with Gasteiger partial charge in [0, 0.05) is 5.92 Å². The lowest BCUT2D eigenvalue weighted by molar-refractivity contribution is -0.168. The van der Waals surface area contributed by atoms with Gasteiger partial charge in [0.15, 0.2) is 5.92 Å². The Bertz CT molecular complexity index is 601. The van der Waals surface area contributed by atoms with Crippen molar-refractivity contribution in [2.24, 2.45) is 5.92 Å². The topological polar surface area (TPSA) is 78.9 Å². The van der Waals surface area contributed by atoms with E-state index in [2.05, 4.69) is 4.74 Å². The van der Waals surface area contributed by atoms with E-state index in [1.54, 1.807) is 27.7 Å². The molecule has 26 heavy (non-hydrogen) atoms. The molecule has 0 aromatic heterocycles. The third-order valence-electron chi connectivity index (χ3n) is 3.53. The highest BCUT2D eigenvalue weighted by Crippen LogP contribution is 2.32. The van der Waals surface area contributed by atoms with Crippen LogP contribution in [0.2, 0.25) is 0 Å². The minimum Gasteiger partial charge on any atom is -0.469 e. The Labute approximate surface area is 152 Å². The minimum absolute atomic E-state index is 0.257. The van der Waals surface area contributed by atoms with E-state index in [-0.39, 0.29) is 6.42 Å². The van der Waals surface area contributed by atoms with Gasteiger partial charge in [0.2, 0.25) is 0 Å². The lowest BCUT2D eigenvalue weighted by Crippen LogP contribution is -2.36. The Kier molecular flexibility index (Phi) is 8.22. The zero-order valence-corrected chi connectivity index (χ0v) is 15.7. The average molecular weight is 368 g/mol. The molecule has 1 unspecified atom stereocenters. The largest absolute Gasteiger partial charge is 0.469 e. The quantitative estimate of drug-likeness (QED) is 0.399. The smallest absolute Gasteiger partial charge is 0.321 e. The highest BCUT2D eigenvalue weighted by molar-refractivity contribution is 5.96. The van der Waals surface area contributed by atoms with E-state index in [4.69, 9.17) is 9.47 Å². The van der Waals surface area contributed by atoms with Crippen LogP contribution < -0.4 is 0 Å². The van der Waals surface area contributed by atoms with Crippen LogP contribution in [0, 0.1) is 11.7 Å². The first-order valence-corrected chi connectivity index (χ1v) is 8.39. The van der Waals surface area contributed by atoms with Gasteiger partial charge in [-0.15, -0.1) is 0 Å². The molecule has 144 valence electrons. The predicted molar refractivity (Wildman–Crippen MR) is 91.7 cm³/mol. The molecule has 0 spiro atoms. The highest BCUT2D eigenvalue weighted by atomic mass is 19.1. The summed E-state index contributed by atoms with van der Waals surface area (Å²) in [5, 5.41) is 0. The first-order chi connectivity index (χ1) is 12.1. The van der Waals surface area contributed by atoms with E-state index in [9.17, 15) is 18.8 Å². The molecule has 0 bridgehead atoms. The molecule has 1 atom stereocenters. The number of rotatable bonds is 8. The zero-order valence-electron chi connectivity index (χ0n) is 15.7. The van der Waals surface area contributed by atoms with Crippen LogP contribution in [0.4, 0.5) is 4.39 Å². The Morgan fingerprint density at radius 1 is 0.923 bits per heavy atom. The van der Waals surface area contributed by atoms with Crippen molar-refractivity contribution in [2.45, 2.75) is 52.2 Å². The third-order valence-corrected chi connectivity index (χ3v) is 3.53. The van der Waals surface area contributed by atoms with Gasteiger partial charge in [0.05, 0.1) is 25.7 Å². The Morgan fingerprint density at radius 3 is 1.77 bits per heavy atom. The second-order valence-corrected chi connectivity index (χ2v) is 6.39. The summed E-state index contributed by atoms with van der Waals surface area (Å²) < 4.78 is 28.3. The molecule has 0 saturated carbocycles. The molecule has 1 rings (SSSR count). The van der Waals surface area contributed by atoms with Crippen LogP contribution >= 0.6 is 0 Å². The molecule has 1 aromatic rings. The molecule has 0 aliphatic heterocycles. The monoisotopic (exact) mass is 368 g/mol. The maximum atomic E-state index is 13.3. The van der Waals surface area contributed by atoms with Crippen molar-refractivity contribution in [1.29, 1.82) is 0 Å². The summed E-state index contributed by atoms with van der Waals surface area (Å²) in [5.41, 5.74) is 0.434. The van der Waals surface area contributed by atoms with E-state index in [1.165, 1.54) is 31.4 Å². The Morgan fingerprint density at radius 2 is 1.38 bits per heavy atom. The van der Waals surface area contributed by atoms with Crippen LogP contribution in [0.15, 0.2) is 24.3 Å². The second kappa shape index (κ2) is 9.89. The molecule has 7 heteroatoms. The summed E-state index contributed by atoms with van der Waals surface area (Å²) >= 11 is 0. The van der Waals surface area contributed by atoms with Crippen molar-refractivity contribution in [3.8, 4) is 0 Å². The highest BCUT2D eigenvalue weighted by Gasteiger charge is 2.40. The standard InChI is InChI=1S/C19H25FO6/c1-11(2)25-18(22)17(19(23)26-12(3)4)15(10-16(21)24-5)13-6-8-14(20)9-7-13/h6-9,11-12,15,17H,10H2,1-5H3. The Hall–Kier alpha value is -2.44. The van der Waals surface area contributed by atoms with Crippen molar-refractivity contribution >= 4 is 17.9 Å². The van der Waals surface area contributed by atoms with Crippen molar-refractivity contribution in [3.63, 3.8) is 0 Å². The summed E-state index contributed by atoms with van der Waals surface area (Å²) in [6.45, 7) is 6.60. The van der Waals surface area contributed by atoms with E-state index < -0.39 is 47.8 Å². The zero-order chi connectivity index (χ0) is 19.9. The van der Waals surface area contributed by atoms with Crippen LogP contribution in [-0.2, 0) is 28.6 Å². The molecule has 6 nitrogen and oxygen atoms in total. The van der Waals surface area contributed by atoms with Gasteiger partial charge in [-0.05, 0) is 45.4 Å². The molecule has 0 saturated heterocycles. The fourth-order valence-corrected chi connectivity index (χ4v) is 2.44. The van der Waals surface area contributed by atoms with E-state index >= 15 is 0 Å². The number of esters is 3. The molecule has 0 N–H and O–H groups in total. The lowest BCUT2D eigenvalue weighted by Gasteiger charge is -2.25. The van der Waals surface area contributed by atoms with E-state index in [0.717, 1.165) is 0 Å². The number of carbonyl (C=O) groups excluding carboxylic acids is 3. The number of carbonyl (C=O) groups is 3. The van der Waals surface area contributed by atoms with E-state index in [0.29, 0.717) is 5.56 Å². The van der Waals surface area contributed by atoms with Gasteiger partial charge in [-0.25, -0.2) is 4.39 Å². The van der Waals surface area contributed by atoms with Gasteiger partial charge in [-0.3, -0.25) is 14.4 Å². The fraction of sp³-hybridized carbons (Fsp3) is 0.526. The average Bonchev–Trinajstić information content (AvgIpc) is 2.53. The lowest BCUT2D eigenvalue weighted by atomic mass is 9.83. The summed E-state index contributed by atoms with van der Waals surface area (Å²) in [6, 6.07) is 5.22. The summed E-state index contributed by atoms with van der Waals surface area (Å²) in [6.07, 6.45) is -1.17. The fourth-order valence-electron chi connectivity index (χ4n) is 2.44. The van der Waals surface area contributed by atoms with Crippen LogP contribution in [0.1, 0.15) is 45.6 Å². The van der Waals surface area contributed by atoms with Gasteiger partial charge in [0.1, 0.15) is 5.82 Å². The van der Waals surface area contributed by atoms with Crippen molar-refractivity contribution in [3.05, 3.63) is 35.6 Å². The minimum atomic E-state index is -1.37. The number of ether oxygens (including phenoxy) is 3. The van der Waals surface area contributed by atoms with Crippen molar-refractivity contribution in [2.75, 3.05) is 7.11 Å². The molecule has 0 aliphatic rings. The van der Waals surface area contributed by atoms with Gasteiger partial charge >= 0.3 is 17.9 Å². The van der Waals surface area contributed by atoms with Crippen LogP contribution in [0.25, 0.3) is 0 Å². The first-order valence-electron chi connectivity index (χ1n) is 8.39. The SMILES string of the molecule is COC(=O)CC(c1ccc(F)cc1)C(C(=O)OC(C)C)C(=O)OC(C)C. The Balaban J connectivity index is 3.32. The van der Waals surface area contributed by atoms with Crippen LogP contribution in [0.5, 0.6) is 0 Å². The summed E-state index contributed by atoms with van der Waals surface area (Å²) in [4.78, 5) is 37.0. The van der Waals surface area contributed by atoms with E-state index in [1.807, 2.05) is 0 Å². The molecular formula is C19H25FO6. The van der Waals surface area contributed by atoms with Gasteiger partial charge < -0.3 is 14.2 Å². The van der Waals surface area contributed by atoms with Gasteiger partial charge in [0.25, 0.3) is 0 Å². The maximum absolute atomic E-state index is 13.3. The molecule has 0 aliphatic carbocycles. The second-order valence-electron chi connectivity index (χ2n) is 6.39.